The van der Waals surface area contributed by atoms with Gasteiger partial charge in [-0.2, -0.15) is 0 Å². The second-order valence-corrected chi connectivity index (χ2v) is 11.6. The number of benzene rings is 1. The topological polar surface area (TPSA) is 20.2 Å². The van der Waals surface area contributed by atoms with Crippen LogP contribution < -0.4 is 0 Å². The number of hydrogen-bond donors (Lipinski definition) is 1. The van der Waals surface area contributed by atoms with Gasteiger partial charge in [-0.25, -0.2) is 0 Å². The largest absolute Gasteiger partial charge is 0.508 e. The SMILES string of the molecule is CCCCCCCCCCCCCCCCCCCCCCCCCCCCCc1cccc(O)c1. The van der Waals surface area contributed by atoms with Crippen LogP contribution in [0.3, 0.4) is 0 Å². The quantitative estimate of drug-likeness (QED) is 0.113. The molecule has 1 nitrogen and oxygen atoms in total. The Morgan fingerprint density at radius 1 is 0.417 bits per heavy atom. The van der Waals surface area contributed by atoms with Gasteiger partial charge in [0.05, 0.1) is 0 Å². The normalized spacial score (nSPS) is 11.4. The molecule has 210 valence electrons. The zero-order valence-corrected chi connectivity index (χ0v) is 24.6. The van der Waals surface area contributed by atoms with E-state index in [0.29, 0.717) is 5.75 Å². The number of unbranched alkanes of at least 4 members (excludes halogenated alkanes) is 26. The molecule has 1 N–H and O–H groups in total. The smallest absolute Gasteiger partial charge is 0.115 e. The first-order chi connectivity index (χ1) is 17.8. The number of rotatable bonds is 28. The Hall–Kier alpha value is -0.980. The first kappa shape index (κ1) is 33.0. The van der Waals surface area contributed by atoms with Gasteiger partial charge in [-0.1, -0.05) is 186 Å². The van der Waals surface area contributed by atoms with E-state index < -0.39 is 0 Å². The van der Waals surface area contributed by atoms with E-state index in [-0.39, 0.29) is 0 Å². The molecular formula is C35H64O. The molecule has 0 fully saturated rings. The molecule has 1 heteroatoms. The van der Waals surface area contributed by atoms with Crippen LogP contribution in [0, 0.1) is 0 Å². The predicted octanol–water partition coefficient (Wildman–Crippen LogP) is 12.5. The van der Waals surface area contributed by atoms with E-state index in [1.165, 1.54) is 179 Å². The van der Waals surface area contributed by atoms with Crippen LogP contribution in [0.1, 0.15) is 186 Å². The molecule has 1 aromatic carbocycles. The third-order valence-corrected chi connectivity index (χ3v) is 7.98. The highest BCUT2D eigenvalue weighted by atomic mass is 16.3. The summed E-state index contributed by atoms with van der Waals surface area (Å²) in [5.41, 5.74) is 1.27. The lowest BCUT2D eigenvalue weighted by molar-refractivity contribution is 0.474. The van der Waals surface area contributed by atoms with Crippen molar-refractivity contribution in [2.24, 2.45) is 0 Å². The number of aryl methyl sites for hydroxylation is 1. The highest BCUT2D eigenvalue weighted by molar-refractivity contribution is 5.27. The van der Waals surface area contributed by atoms with E-state index in [9.17, 15) is 5.11 Å². The van der Waals surface area contributed by atoms with Gasteiger partial charge in [-0.3, -0.25) is 0 Å². The van der Waals surface area contributed by atoms with E-state index in [4.69, 9.17) is 0 Å². The third kappa shape index (κ3) is 23.4. The van der Waals surface area contributed by atoms with Gasteiger partial charge in [0.1, 0.15) is 5.75 Å². The van der Waals surface area contributed by atoms with Crippen molar-refractivity contribution in [1.82, 2.24) is 0 Å². The lowest BCUT2D eigenvalue weighted by Gasteiger charge is -2.05. The summed E-state index contributed by atoms with van der Waals surface area (Å²) in [5, 5.41) is 9.51. The average molecular weight is 501 g/mol. The standard InChI is InChI=1S/C35H64O/c1-2-3-4-5-6-7-8-9-10-11-12-13-14-15-16-17-18-19-20-21-22-23-24-25-26-27-28-30-34-31-29-32-35(36)33-34/h29,31-33,36H,2-28,30H2,1H3. The molecule has 0 saturated carbocycles. The second-order valence-electron chi connectivity index (χ2n) is 11.6. The molecule has 0 aliphatic carbocycles. The summed E-state index contributed by atoms with van der Waals surface area (Å²) >= 11 is 0. The fourth-order valence-corrected chi connectivity index (χ4v) is 5.53. The minimum Gasteiger partial charge on any atom is -0.508 e. The first-order valence-corrected chi connectivity index (χ1v) is 16.6. The summed E-state index contributed by atoms with van der Waals surface area (Å²) in [6.07, 6.45) is 40.1. The predicted molar refractivity (Wildman–Crippen MR) is 162 cm³/mol. The maximum absolute atomic E-state index is 9.51. The van der Waals surface area contributed by atoms with Gasteiger partial charge in [0.2, 0.25) is 0 Å². The number of hydrogen-bond acceptors (Lipinski definition) is 1. The molecule has 0 aromatic heterocycles. The molecule has 0 unspecified atom stereocenters. The van der Waals surface area contributed by atoms with Crippen molar-refractivity contribution < 1.29 is 5.11 Å². The van der Waals surface area contributed by atoms with Gasteiger partial charge in [0.25, 0.3) is 0 Å². The Morgan fingerprint density at radius 3 is 1.03 bits per heavy atom. The Morgan fingerprint density at radius 2 is 0.722 bits per heavy atom. The van der Waals surface area contributed by atoms with Gasteiger partial charge in [-0.15, -0.1) is 0 Å². The molecule has 1 rings (SSSR count). The van der Waals surface area contributed by atoms with Crippen LogP contribution >= 0.6 is 0 Å². The lowest BCUT2D eigenvalue weighted by atomic mass is 10.0. The summed E-state index contributed by atoms with van der Waals surface area (Å²) in [7, 11) is 0. The molecule has 0 aliphatic rings. The minimum absolute atomic E-state index is 0.400. The van der Waals surface area contributed by atoms with E-state index in [2.05, 4.69) is 13.0 Å². The molecule has 0 bridgehead atoms. The summed E-state index contributed by atoms with van der Waals surface area (Å²) in [5.74, 6) is 0.400. The maximum Gasteiger partial charge on any atom is 0.115 e. The molecular weight excluding hydrogens is 436 g/mol. The molecule has 0 heterocycles. The highest BCUT2D eigenvalue weighted by Crippen LogP contribution is 2.17. The Labute approximate surface area is 227 Å². The van der Waals surface area contributed by atoms with Crippen LogP contribution in [0.2, 0.25) is 0 Å². The van der Waals surface area contributed by atoms with Gasteiger partial charge in [0, 0.05) is 0 Å². The van der Waals surface area contributed by atoms with Crippen molar-refractivity contribution in [3.05, 3.63) is 29.8 Å². The molecule has 1 aromatic rings. The van der Waals surface area contributed by atoms with Crippen molar-refractivity contribution in [3.8, 4) is 5.75 Å². The van der Waals surface area contributed by atoms with Crippen molar-refractivity contribution in [2.75, 3.05) is 0 Å². The maximum atomic E-state index is 9.51. The van der Waals surface area contributed by atoms with Crippen molar-refractivity contribution >= 4 is 0 Å². The Bertz CT molecular complexity index is 551. The van der Waals surface area contributed by atoms with Crippen molar-refractivity contribution in [1.29, 1.82) is 0 Å². The number of phenols is 1. The number of aromatic hydroxyl groups is 1. The fraction of sp³-hybridized carbons (Fsp3) is 0.829. The van der Waals surface area contributed by atoms with E-state index >= 15 is 0 Å². The number of phenolic OH excluding ortho intramolecular Hbond substituents is 1. The lowest BCUT2D eigenvalue weighted by Crippen LogP contribution is -1.86. The van der Waals surface area contributed by atoms with Crippen molar-refractivity contribution in [3.63, 3.8) is 0 Å². The van der Waals surface area contributed by atoms with Crippen molar-refractivity contribution in [2.45, 2.75) is 187 Å². The fourth-order valence-electron chi connectivity index (χ4n) is 5.53. The molecule has 0 aliphatic heterocycles. The van der Waals surface area contributed by atoms with Crippen LogP contribution in [0.4, 0.5) is 0 Å². The molecule has 0 atom stereocenters. The van der Waals surface area contributed by atoms with E-state index in [0.717, 1.165) is 6.42 Å². The monoisotopic (exact) mass is 500 g/mol. The van der Waals surface area contributed by atoms with Crippen LogP contribution in [0.25, 0.3) is 0 Å². The summed E-state index contributed by atoms with van der Waals surface area (Å²) in [6, 6.07) is 7.73. The third-order valence-electron chi connectivity index (χ3n) is 7.98. The van der Waals surface area contributed by atoms with Gasteiger partial charge in [0.15, 0.2) is 0 Å². The summed E-state index contributed by atoms with van der Waals surface area (Å²) < 4.78 is 0. The zero-order chi connectivity index (χ0) is 25.8. The molecule has 36 heavy (non-hydrogen) atoms. The summed E-state index contributed by atoms with van der Waals surface area (Å²) in [6.45, 7) is 2.30. The molecule has 0 saturated heterocycles. The molecule has 0 radical (unpaired) electrons. The van der Waals surface area contributed by atoms with Crippen LogP contribution in [0.5, 0.6) is 5.75 Å². The van der Waals surface area contributed by atoms with Crippen LogP contribution in [-0.4, -0.2) is 5.11 Å². The Balaban J connectivity index is 1.65. The average Bonchev–Trinajstić information content (AvgIpc) is 2.88. The van der Waals surface area contributed by atoms with Crippen LogP contribution in [0.15, 0.2) is 24.3 Å². The van der Waals surface area contributed by atoms with Gasteiger partial charge < -0.3 is 5.11 Å². The van der Waals surface area contributed by atoms with Crippen LogP contribution in [-0.2, 0) is 6.42 Å². The Kier molecular flexibility index (Phi) is 24.8. The first-order valence-electron chi connectivity index (χ1n) is 16.6. The summed E-state index contributed by atoms with van der Waals surface area (Å²) in [4.78, 5) is 0. The van der Waals surface area contributed by atoms with Gasteiger partial charge in [-0.05, 0) is 30.5 Å². The van der Waals surface area contributed by atoms with E-state index in [1.807, 2.05) is 12.1 Å². The van der Waals surface area contributed by atoms with E-state index in [1.54, 1.807) is 6.07 Å². The second kappa shape index (κ2) is 27.1. The zero-order valence-electron chi connectivity index (χ0n) is 24.6. The molecule has 0 amide bonds. The highest BCUT2D eigenvalue weighted by Gasteiger charge is 1.98. The van der Waals surface area contributed by atoms with Gasteiger partial charge >= 0.3 is 0 Å². The molecule has 0 spiro atoms. The minimum atomic E-state index is 0.400.